The van der Waals surface area contributed by atoms with Crippen LogP contribution in [0.5, 0.6) is 17.2 Å². The summed E-state index contributed by atoms with van der Waals surface area (Å²) < 4.78 is 21.8. The van der Waals surface area contributed by atoms with Gasteiger partial charge < -0.3 is 18.9 Å². The van der Waals surface area contributed by atoms with Gasteiger partial charge in [-0.1, -0.05) is 56.4 Å². The molecular formula is C24H31NO5S. The fourth-order valence-electron chi connectivity index (χ4n) is 3.29. The Morgan fingerprint density at radius 3 is 2.10 bits per heavy atom. The topological polar surface area (TPSA) is 66.0 Å². The number of rotatable bonds is 12. The minimum Gasteiger partial charge on any atom is -0.493 e. The Balaban J connectivity index is 2.30. The van der Waals surface area contributed by atoms with Gasteiger partial charge in [-0.2, -0.15) is 0 Å². The van der Waals surface area contributed by atoms with Crippen LogP contribution in [0.15, 0.2) is 42.5 Å². The average Bonchev–Trinajstić information content (AvgIpc) is 2.83. The molecule has 7 heteroatoms. The van der Waals surface area contributed by atoms with Crippen molar-refractivity contribution in [1.29, 1.82) is 0 Å². The molecule has 1 N–H and O–H groups in total. The Morgan fingerprint density at radius 2 is 1.61 bits per heavy atom. The third-order valence-electron chi connectivity index (χ3n) is 5.30. The lowest BCUT2D eigenvalue weighted by atomic mass is 9.87. The number of carbonyl (C=O) groups is 1. The summed E-state index contributed by atoms with van der Waals surface area (Å²) >= 11 is 5.40. The quantitative estimate of drug-likeness (QED) is 0.380. The molecule has 0 heterocycles. The second-order valence-electron chi connectivity index (χ2n) is 7.04. The lowest BCUT2D eigenvalue weighted by molar-refractivity contribution is 0.0356. The molecule has 0 aromatic heterocycles. The first-order valence-electron chi connectivity index (χ1n) is 10.2. The van der Waals surface area contributed by atoms with Crippen molar-refractivity contribution in [3.63, 3.8) is 0 Å². The minimum absolute atomic E-state index is 0.148. The van der Waals surface area contributed by atoms with Crippen LogP contribution in [0.3, 0.4) is 0 Å². The largest absolute Gasteiger partial charge is 0.493 e. The maximum absolute atomic E-state index is 12.9. The average molecular weight is 446 g/mol. The molecule has 0 aliphatic heterocycles. The molecule has 0 saturated heterocycles. The summed E-state index contributed by atoms with van der Waals surface area (Å²) in [5.74, 6) is 0.728. The molecule has 168 valence electrons. The van der Waals surface area contributed by atoms with E-state index < -0.39 is 11.5 Å². The van der Waals surface area contributed by atoms with Crippen molar-refractivity contribution in [2.75, 3.05) is 34.5 Å². The zero-order valence-electron chi connectivity index (χ0n) is 18.8. The van der Waals surface area contributed by atoms with Gasteiger partial charge >= 0.3 is 5.97 Å². The highest BCUT2D eigenvalue weighted by Gasteiger charge is 2.32. The third-order valence-corrected chi connectivity index (χ3v) is 5.73. The van der Waals surface area contributed by atoms with Crippen LogP contribution in [0.25, 0.3) is 0 Å². The van der Waals surface area contributed by atoms with Gasteiger partial charge in [-0.25, -0.2) is 4.79 Å². The van der Waals surface area contributed by atoms with Crippen LogP contribution in [0.2, 0.25) is 0 Å². The number of esters is 1. The molecule has 0 radical (unpaired) electrons. The number of methoxy groups -OCH3 is 3. The van der Waals surface area contributed by atoms with E-state index in [9.17, 15) is 4.79 Å². The molecule has 0 fully saturated rings. The Hall–Kier alpha value is -2.64. The number of thiocarbonyl (C=S) groups is 1. The van der Waals surface area contributed by atoms with Gasteiger partial charge in [-0.15, -0.1) is 0 Å². The number of carbonyl (C=O) groups excluding carboxylic acids is 1. The SMILES string of the molecule is CCC(=S)CNC(CC)(COC(=O)c1cc(OC)c(OC)c(OC)c1)c1ccccc1. The standard InChI is InChI=1S/C24H31NO5S/c1-6-19(31)15-25-24(7-2,18-11-9-8-10-12-18)16-30-23(26)17-13-20(27-3)22(29-5)21(14-17)28-4/h8-14,25H,6-7,15-16H2,1-5H3. The van der Waals surface area contributed by atoms with Crippen molar-refractivity contribution in [1.82, 2.24) is 5.32 Å². The molecule has 0 aliphatic rings. The number of hydrogen-bond acceptors (Lipinski definition) is 7. The van der Waals surface area contributed by atoms with E-state index in [0.29, 0.717) is 35.8 Å². The van der Waals surface area contributed by atoms with E-state index in [0.717, 1.165) is 16.8 Å². The fourth-order valence-corrected chi connectivity index (χ4v) is 3.36. The number of ether oxygens (including phenoxy) is 4. The molecule has 6 nitrogen and oxygen atoms in total. The molecule has 1 unspecified atom stereocenters. The maximum Gasteiger partial charge on any atom is 0.338 e. The second kappa shape index (κ2) is 11.7. The molecule has 2 rings (SSSR count). The van der Waals surface area contributed by atoms with Gasteiger partial charge in [0.2, 0.25) is 5.75 Å². The van der Waals surface area contributed by atoms with E-state index in [4.69, 9.17) is 31.2 Å². The van der Waals surface area contributed by atoms with Crippen LogP contribution in [0, 0.1) is 0 Å². The Bertz CT molecular complexity index is 862. The molecule has 0 spiro atoms. The fraction of sp³-hybridized carbons (Fsp3) is 0.417. The highest BCUT2D eigenvalue weighted by Crippen LogP contribution is 2.38. The van der Waals surface area contributed by atoms with E-state index in [1.54, 1.807) is 12.1 Å². The van der Waals surface area contributed by atoms with Crippen molar-refractivity contribution in [3.05, 3.63) is 53.6 Å². The lowest BCUT2D eigenvalue weighted by Crippen LogP contribution is -2.48. The van der Waals surface area contributed by atoms with Gasteiger partial charge in [-0.05, 0) is 30.5 Å². The number of hydrogen-bond donors (Lipinski definition) is 1. The highest BCUT2D eigenvalue weighted by atomic mass is 32.1. The first-order chi connectivity index (χ1) is 14.9. The van der Waals surface area contributed by atoms with E-state index in [1.165, 1.54) is 21.3 Å². The summed E-state index contributed by atoms with van der Waals surface area (Å²) in [5.41, 5.74) is 0.794. The van der Waals surface area contributed by atoms with E-state index in [-0.39, 0.29) is 6.61 Å². The molecule has 2 aromatic carbocycles. The highest BCUT2D eigenvalue weighted by molar-refractivity contribution is 7.80. The predicted molar refractivity (Wildman–Crippen MR) is 126 cm³/mol. The Labute approximate surface area is 189 Å². The molecule has 1 atom stereocenters. The molecule has 0 saturated carbocycles. The van der Waals surface area contributed by atoms with E-state index >= 15 is 0 Å². The van der Waals surface area contributed by atoms with Gasteiger partial charge in [0.15, 0.2) is 11.5 Å². The Kier molecular flexibility index (Phi) is 9.27. The summed E-state index contributed by atoms with van der Waals surface area (Å²) in [4.78, 5) is 13.9. The monoisotopic (exact) mass is 445 g/mol. The smallest absolute Gasteiger partial charge is 0.338 e. The third kappa shape index (κ3) is 5.95. The van der Waals surface area contributed by atoms with Gasteiger partial charge in [0.1, 0.15) is 6.61 Å². The predicted octanol–water partition coefficient (Wildman–Crippen LogP) is 4.54. The lowest BCUT2D eigenvalue weighted by Gasteiger charge is -2.34. The van der Waals surface area contributed by atoms with Crippen LogP contribution in [-0.2, 0) is 10.3 Å². The summed E-state index contributed by atoms with van der Waals surface area (Å²) in [6.07, 6.45) is 1.52. The van der Waals surface area contributed by atoms with Crippen LogP contribution < -0.4 is 19.5 Å². The van der Waals surface area contributed by atoms with E-state index in [2.05, 4.69) is 12.2 Å². The van der Waals surface area contributed by atoms with Crippen LogP contribution in [-0.4, -0.2) is 45.3 Å². The molecule has 31 heavy (non-hydrogen) atoms. The van der Waals surface area contributed by atoms with Gasteiger partial charge in [-0.3, -0.25) is 5.32 Å². The van der Waals surface area contributed by atoms with Crippen LogP contribution in [0.1, 0.15) is 42.6 Å². The summed E-state index contributed by atoms with van der Waals surface area (Å²) in [6.45, 7) is 4.80. The second-order valence-corrected chi connectivity index (χ2v) is 7.61. The number of nitrogens with one attached hydrogen (secondary N) is 1. The van der Waals surface area contributed by atoms with Gasteiger partial charge in [0.05, 0.1) is 32.4 Å². The summed E-state index contributed by atoms with van der Waals surface area (Å²) in [6, 6.07) is 13.1. The van der Waals surface area contributed by atoms with Crippen molar-refractivity contribution in [2.24, 2.45) is 0 Å². The summed E-state index contributed by atoms with van der Waals surface area (Å²) in [5, 5.41) is 3.53. The molecule has 0 amide bonds. The maximum atomic E-state index is 12.9. The molecule has 0 bridgehead atoms. The zero-order chi connectivity index (χ0) is 22.9. The first kappa shape index (κ1) is 24.6. The van der Waals surface area contributed by atoms with Gasteiger partial charge in [0, 0.05) is 11.4 Å². The zero-order valence-corrected chi connectivity index (χ0v) is 19.6. The first-order valence-corrected chi connectivity index (χ1v) is 10.6. The summed E-state index contributed by atoms with van der Waals surface area (Å²) in [7, 11) is 4.52. The molecule has 0 aliphatic carbocycles. The van der Waals surface area contributed by atoms with Crippen LogP contribution >= 0.6 is 12.2 Å². The van der Waals surface area contributed by atoms with Crippen molar-refractivity contribution >= 4 is 23.1 Å². The van der Waals surface area contributed by atoms with Crippen molar-refractivity contribution in [3.8, 4) is 17.2 Å². The minimum atomic E-state index is -0.559. The van der Waals surface area contributed by atoms with Crippen LogP contribution in [0.4, 0.5) is 0 Å². The molecule has 2 aromatic rings. The molecular weight excluding hydrogens is 414 g/mol. The van der Waals surface area contributed by atoms with E-state index in [1.807, 2.05) is 37.3 Å². The number of benzene rings is 2. The van der Waals surface area contributed by atoms with Crippen molar-refractivity contribution in [2.45, 2.75) is 32.2 Å². The normalized spacial score (nSPS) is 12.5. The van der Waals surface area contributed by atoms with Crippen molar-refractivity contribution < 1.29 is 23.7 Å². The van der Waals surface area contributed by atoms with Gasteiger partial charge in [0.25, 0.3) is 0 Å². The Morgan fingerprint density at radius 1 is 1.00 bits per heavy atom.